The van der Waals surface area contributed by atoms with E-state index in [-0.39, 0.29) is 0 Å². The van der Waals surface area contributed by atoms with Gasteiger partial charge in [0.05, 0.1) is 27.2 Å². The second-order valence-corrected chi connectivity index (χ2v) is 6.72. The summed E-state index contributed by atoms with van der Waals surface area (Å²) in [6.45, 7) is 0.494. The molecule has 6 heteroatoms. The minimum absolute atomic E-state index is 0.387. The van der Waals surface area contributed by atoms with Crippen molar-refractivity contribution in [3.05, 3.63) is 58.1 Å². The molecule has 0 saturated heterocycles. The zero-order valence-electron chi connectivity index (χ0n) is 10.8. The number of rotatable bonds is 2. The van der Waals surface area contributed by atoms with Crippen LogP contribution in [0.4, 0.5) is 5.69 Å². The lowest BCUT2D eigenvalue weighted by molar-refractivity contribution is 0.572. The first-order valence-corrected chi connectivity index (χ1v) is 8.14. The molecule has 0 bridgehead atoms. The zero-order chi connectivity index (χ0) is 14.8. The summed E-state index contributed by atoms with van der Waals surface area (Å²) in [5.41, 5.74) is 1.84. The van der Waals surface area contributed by atoms with Crippen LogP contribution in [0.25, 0.3) is 0 Å². The SMILES string of the molecule is O=C=S1C(=NCc2ccccc2)Nc2ccc(Cl)c(Cl)c21. The molecule has 106 valence electrons. The third-order valence-corrected chi connectivity index (χ3v) is 5.55. The van der Waals surface area contributed by atoms with Crippen molar-refractivity contribution in [2.24, 2.45) is 4.99 Å². The van der Waals surface area contributed by atoms with E-state index in [0.29, 0.717) is 26.7 Å². The van der Waals surface area contributed by atoms with Crippen molar-refractivity contribution in [1.82, 2.24) is 0 Å². The largest absolute Gasteiger partial charge is 0.334 e. The van der Waals surface area contributed by atoms with E-state index in [1.165, 1.54) is 0 Å². The first-order chi connectivity index (χ1) is 10.2. The summed E-state index contributed by atoms with van der Waals surface area (Å²) in [6.07, 6.45) is 0. The second-order valence-electron chi connectivity index (χ2n) is 4.36. The third kappa shape index (κ3) is 2.76. The average Bonchev–Trinajstić information content (AvgIpc) is 2.88. The van der Waals surface area contributed by atoms with Crippen LogP contribution in [-0.2, 0) is 11.3 Å². The summed E-state index contributed by atoms with van der Waals surface area (Å²) in [4.78, 5) is 16.5. The van der Waals surface area contributed by atoms with Crippen LogP contribution in [0.1, 0.15) is 5.56 Å². The summed E-state index contributed by atoms with van der Waals surface area (Å²) in [5.74, 6) is 0. The smallest absolute Gasteiger partial charge is 0.170 e. The number of anilines is 1. The Hall–Kier alpha value is -1.58. The van der Waals surface area contributed by atoms with Crippen LogP contribution in [0.15, 0.2) is 52.4 Å². The molecule has 1 unspecified atom stereocenters. The van der Waals surface area contributed by atoms with Gasteiger partial charge < -0.3 is 5.32 Å². The van der Waals surface area contributed by atoms with E-state index in [0.717, 1.165) is 11.3 Å². The molecule has 3 nitrogen and oxygen atoms in total. The Morgan fingerprint density at radius 3 is 2.62 bits per heavy atom. The average molecular weight is 337 g/mol. The standard InChI is InChI=1S/C15H10Cl2N2OS/c16-11-6-7-12-14(13(11)17)21(9-20)15(19-12)18-8-10-4-2-1-3-5-10/h1-7H,8H2,(H,18,19). The summed E-state index contributed by atoms with van der Waals surface area (Å²) in [6, 6.07) is 13.3. The van der Waals surface area contributed by atoms with Crippen LogP contribution >= 0.6 is 33.7 Å². The maximum atomic E-state index is 11.3. The molecule has 2 aromatic carbocycles. The Bertz CT molecular complexity index is 784. The number of fused-ring (bicyclic) bond motifs is 1. The van der Waals surface area contributed by atoms with Gasteiger partial charge in [0, 0.05) is 0 Å². The first-order valence-electron chi connectivity index (χ1n) is 6.16. The molecular weight excluding hydrogens is 327 g/mol. The number of hydrogen-bond acceptors (Lipinski definition) is 2. The lowest BCUT2D eigenvalue weighted by atomic mass is 10.2. The monoisotopic (exact) mass is 336 g/mol. The Morgan fingerprint density at radius 2 is 1.90 bits per heavy atom. The van der Waals surface area contributed by atoms with E-state index in [2.05, 4.69) is 10.3 Å². The molecule has 1 atom stereocenters. The highest BCUT2D eigenvalue weighted by atomic mass is 35.5. The lowest BCUT2D eigenvalue weighted by Gasteiger charge is -2.01. The van der Waals surface area contributed by atoms with Crippen molar-refractivity contribution in [3.63, 3.8) is 0 Å². The molecule has 2 aromatic rings. The van der Waals surface area contributed by atoms with E-state index in [9.17, 15) is 4.79 Å². The molecule has 0 amide bonds. The molecule has 0 saturated carbocycles. The second kappa shape index (κ2) is 6.04. The van der Waals surface area contributed by atoms with Gasteiger partial charge in [0.15, 0.2) is 10.4 Å². The highest BCUT2D eigenvalue weighted by Crippen LogP contribution is 2.47. The molecule has 0 aromatic heterocycles. The van der Waals surface area contributed by atoms with E-state index in [1.54, 1.807) is 12.1 Å². The fourth-order valence-corrected chi connectivity index (χ4v) is 4.02. The first kappa shape index (κ1) is 14.4. The van der Waals surface area contributed by atoms with Gasteiger partial charge in [-0.25, -0.2) is 4.79 Å². The highest BCUT2D eigenvalue weighted by Gasteiger charge is 2.26. The fourth-order valence-electron chi connectivity index (χ4n) is 2.02. The van der Waals surface area contributed by atoms with Crippen LogP contribution in [-0.4, -0.2) is 10.4 Å². The molecule has 3 rings (SSSR count). The van der Waals surface area contributed by atoms with Gasteiger partial charge in [-0.1, -0.05) is 53.5 Å². The van der Waals surface area contributed by atoms with E-state index in [4.69, 9.17) is 23.2 Å². The predicted molar refractivity (Wildman–Crippen MR) is 89.2 cm³/mol. The van der Waals surface area contributed by atoms with Gasteiger partial charge >= 0.3 is 0 Å². The number of carbonyl (C=O) groups excluding carboxylic acids is 1. The molecule has 1 aliphatic heterocycles. The van der Waals surface area contributed by atoms with Gasteiger partial charge in [-0.15, -0.1) is 0 Å². The zero-order valence-corrected chi connectivity index (χ0v) is 13.1. The minimum Gasteiger partial charge on any atom is -0.334 e. The van der Waals surface area contributed by atoms with Gasteiger partial charge in [0.2, 0.25) is 0 Å². The molecule has 1 N–H and O–H groups in total. The number of benzene rings is 2. The number of amidine groups is 1. The molecule has 21 heavy (non-hydrogen) atoms. The molecule has 0 aliphatic carbocycles. The maximum absolute atomic E-state index is 11.3. The highest BCUT2D eigenvalue weighted by molar-refractivity contribution is 8.28. The van der Waals surface area contributed by atoms with Crippen molar-refractivity contribution < 1.29 is 4.79 Å². The van der Waals surface area contributed by atoms with Crippen LogP contribution in [0.3, 0.4) is 0 Å². The van der Waals surface area contributed by atoms with Gasteiger partial charge in [0.25, 0.3) is 0 Å². The molecule has 1 aliphatic rings. The Morgan fingerprint density at radius 1 is 1.14 bits per heavy atom. The lowest BCUT2D eigenvalue weighted by Crippen LogP contribution is -2.03. The van der Waals surface area contributed by atoms with Gasteiger partial charge in [-0.2, -0.15) is 0 Å². The fraction of sp³-hybridized carbons (Fsp3) is 0.0667. The van der Waals surface area contributed by atoms with E-state index < -0.39 is 10.5 Å². The third-order valence-electron chi connectivity index (χ3n) is 3.02. The van der Waals surface area contributed by atoms with Crippen molar-refractivity contribution in [1.29, 1.82) is 0 Å². The number of hydrogen-bond donors (Lipinski definition) is 1. The molecule has 0 radical (unpaired) electrons. The number of nitrogens with one attached hydrogen (secondary N) is 1. The topological polar surface area (TPSA) is 41.5 Å². The van der Waals surface area contributed by atoms with Crippen LogP contribution < -0.4 is 5.32 Å². The maximum Gasteiger partial charge on any atom is 0.170 e. The number of aliphatic imine (C=N–C) groups is 1. The van der Waals surface area contributed by atoms with E-state index in [1.807, 2.05) is 35.6 Å². The normalized spacial score (nSPS) is 18.2. The Labute approximate surface area is 134 Å². The summed E-state index contributed by atoms with van der Waals surface area (Å²) < 4.78 is 0. The van der Waals surface area contributed by atoms with Crippen LogP contribution in [0, 0.1) is 0 Å². The predicted octanol–water partition coefficient (Wildman–Crippen LogP) is 4.67. The summed E-state index contributed by atoms with van der Waals surface area (Å²) in [5, 5.41) is 6.54. The Balaban J connectivity index is 1.97. The van der Waals surface area contributed by atoms with E-state index >= 15 is 0 Å². The summed E-state index contributed by atoms with van der Waals surface area (Å²) >= 11 is 12.2. The van der Waals surface area contributed by atoms with Gasteiger partial charge in [-0.3, -0.25) is 4.99 Å². The van der Waals surface area contributed by atoms with Gasteiger partial charge in [0.1, 0.15) is 0 Å². The number of nitrogens with zero attached hydrogens (tertiary/aromatic N) is 1. The quantitative estimate of drug-likeness (QED) is 0.809. The molecule has 0 spiro atoms. The van der Waals surface area contributed by atoms with Crippen molar-refractivity contribution in [3.8, 4) is 0 Å². The van der Waals surface area contributed by atoms with Crippen LogP contribution in [0.2, 0.25) is 10.0 Å². The Kier molecular flexibility index (Phi) is 4.13. The minimum atomic E-state index is -0.926. The summed E-state index contributed by atoms with van der Waals surface area (Å²) in [7, 11) is -0.926. The van der Waals surface area contributed by atoms with Crippen molar-refractivity contribution in [2.75, 3.05) is 5.32 Å². The number of halogens is 2. The van der Waals surface area contributed by atoms with Gasteiger partial charge in [-0.05, 0) is 28.2 Å². The van der Waals surface area contributed by atoms with Crippen LogP contribution in [0.5, 0.6) is 0 Å². The molecule has 1 heterocycles. The van der Waals surface area contributed by atoms with Crippen molar-refractivity contribution >= 4 is 49.8 Å². The molecule has 0 fully saturated rings. The van der Waals surface area contributed by atoms with Crippen molar-refractivity contribution in [2.45, 2.75) is 11.4 Å². The molecular formula is C15H10Cl2N2OS.